The Morgan fingerprint density at radius 2 is 2.07 bits per heavy atom. The van der Waals surface area contributed by atoms with Crippen molar-refractivity contribution < 1.29 is 5.11 Å². The minimum absolute atomic E-state index is 0.263. The maximum atomic E-state index is 9.77. The van der Waals surface area contributed by atoms with Crippen molar-refractivity contribution in [2.24, 2.45) is 5.92 Å². The molecule has 0 amide bonds. The molecule has 3 heteroatoms. The fraction of sp³-hybridized carbons (Fsp3) is 0.583. The van der Waals surface area contributed by atoms with Gasteiger partial charge in [-0.1, -0.05) is 13.8 Å². The first-order valence-corrected chi connectivity index (χ1v) is 6.15. The van der Waals surface area contributed by atoms with Gasteiger partial charge in [0.25, 0.3) is 0 Å². The van der Waals surface area contributed by atoms with Crippen molar-refractivity contribution in [3.63, 3.8) is 0 Å². The standard InChI is InChI=1S/C12H18BrNO/c1-9(2)3-6-12(15)7-11-5-4-10(13)8-14-11/h4-5,8-9,12,15H,3,6-7H2,1-2H3. The lowest BCUT2D eigenvalue weighted by atomic mass is 10.0. The molecule has 1 aromatic rings. The van der Waals surface area contributed by atoms with Gasteiger partial charge in [0, 0.05) is 22.8 Å². The summed E-state index contributed by atoms with van der Waals surface area (Å²) < 4.78 is 0.975. The first-order valence-electron chi connectivity index (χ1n) is 5.36. The zero-order valence-electron chi connectivity index (χ0n) is 9.28. The van der Waals surface area contributed by atoms with Crippen molar-refractivity contribution >= 4 is 15.9 Å². The lowest BCUT2D eigenvalue weighted by molar-refractivity contribution is 0.156. The van der Waals surface area contributed by atoms with Crippen LogP contribution in [0, 0.1) is 5.92 Å². The fourth-order valence-electron chi connectivity index (χ4n) is 1.40. The Bertz CT molecular complexity index is 284. The van der Waals surface area contributed by atoms with Gasteiger partial charge in [-0.3, -0.25) is 4.98 Å². The van der Waals surface area contributed by atoms with Crippen molar-refractivity contribution in [1.29, 1.82) is 0 Å². The molecule has 1 aromatic heterocycles. The predicted octanol–water partition coefficient (Wildman–Crippen LogP) is 3.18. The molecule has 84 valence electrons. The van der Waals surface area contributed by atoms with E-state index in [9.17, 15) is 5.11 Å². The molecular formula is C12H18BrNO. The predicted molar refractivity (Wildman–Crippen MR) is 65.7 cm³/mol. The second-order valence-corrected chi connectivity index (χ2v) is 5.21. The van der Waals surface area contributed by atoms with E-state index in [1.165, 1.54) is 0 Å². The third-order valence-electron chi connectivity index (χ3n) is 2.31. The van der Waals surface area contributed by atoms with E-state index in [0.717, 1.165) is 23.0 Å². The van der Waals surface area contributed by atoms with Crippen LogP contribution in [-0.2, 0) is 6.42 Å². The highest BCUT2D eigenvalue weighted by atomic mass is 79.9. The molecular weight excluding hydrogens is 254 g/mol. The fourth-order valence-corrected chi connectivity index (χ4v) is 1.63. The third kappa shape index (κ3) is 5.28. The van der Waals surface area contributed by atoms with Crippen LogP contribution in [-0.4, -0.2) is 16.2 Å². The van der Waals surface area contributed by atoms with Gasteiger partial charge in [0.15, 0.2) is 0 Å². The van der Waals surface area contributed by atoms with Gasteiger partial charge in [-0.2, -0.15) is 0 Å². The molecule has 1 heterocycles. The Morgan fingerprint density at radius 1 is 1.33 bits per heavy atom. The largest absolute Gasteiger partial charge is 0.393 e. The van der Waals surface area contributed by atoms with Gasteiger partial charge in [0.05, 0.1) is 6.10 Å². The third-order valence-corrected chi connectivity index (χ3v) is 2.78. The molecule has 1 N–H and O–H groups in total. The molecule has 2 nitrogen and oxygen atoms in total. The summed E-state index contributed by atoms with van der Waals surface area (Å²) in [6, 6.07) is 3.90. The lowest BCUT2D eigenvalue weighted by Gasteiger charge is -2.11. The van der Waals surface area contributed by atoms with E-state index in [2.05, 4.69) is 34.8 Å². The van der Waals surface area contributed by atoms with Gasteiger partial charge in [-0.25, -0.2) is 0 Å². The molecule has 0 spiro atoms. The van der Waals surface area contributed by atoms with E-state index in [4.69, 9.17) is 0 Å². The highest BCUT2D eigenvalue weighted by Gasteiger charge is 2.07. The molecule has 0 saturated heterocycles. The monoisotopic (exact) mass is 271 g/mol. The number of pyridine rings is 1. The molecule has 1 rings (SSSR count). The molecule has 0 radical (unpaired) electrons. The molecule has 1 atom stereocenters. The van der Waals surface area contributed by atoms with Crippen LogP contribution < -0.4 is 0 Å². The summed E-state index contributed by atoms with van der Waals surface area (Å²) in [5.41, 5.74) is 0.953. The lowest BCUT2D eigenvalue weighted by Crippen LogP contribution is -2.12. The van der Waals surface area contributed by atoms with Gasteiger partial charge >= 0.3 is 0 Å². The number of aliphatic hydroxyl groups is 1. The van der Waals surface area contributed by atoms with Crippen LogP contribution in [0.1, 0.15) is 32.4 Å². The minimum Gasteiger partial charge on any atom is -0.393 e. The number of nitrogens with zero attached hydrogens (tertiary/aromatic N) is 1. The van der Waals surface area contributed by atoms with Crippen LogP contribution in [0.25, 0.3) is 0 Å². The molecule has 0 fully saturated rings. The van der Waals surface area contributed by atoms with Crippen LogP contribution >= 0.6 is 15.9 Å². The number of aromatic nitrogens is 1. The molecule has 1 unspecified atom stereocenters. The number of aliphatic hydroxyl groups excluding tert-OH is 1. The number of halogens is 1. The summed E-state index contributed by atoms with van der Waals surface area (Å²) in [7, 11) is 0. The van der Waals surface area contributed by atoms with Crippen LogP contribution in [0.15, 0.2) is 22.8 Å². The normalized spacial score (nSPS) is 13.1. The van der Waals surface area contributed by atoms with Crippen LogP contribution in [0.5, 0.6) is 0 Å². The average molecular weight is 272 g/mol. The zero-order chi connectivity index (χ0) is 11.3. The SMILES string of the molecule is CC(C)CCC(O)Cc1ccc(Br)cn1. The van der Waals surface area contributed by atoms with Crippen molar-refractivity contribution in [2.75, 3.05) is 0 Å². The quantitative estimate of drug-likeness (QED) is 0.893. The van der Waals surface area contributed by atoms with Crippen molar-refractivity contribution in [3.8, 4) is 0 Å². The first kappa shape index (κ1) is 12.7. The Labute approximate surface area is 99.9 Å². The topological polar surface area (TPSA) is 33.1 Å². The molecule has 15 heavy (non-hydrogen) atoms. The maximum absolute atomic E-state index is 9.77. The molecule has 0 aliphatic heterocycles. The second-order valence-electron chi connectivity index (χ2n) is 4.30. The van der Waals surface area contributed by atoms with Crippen LogP contribution in [0.2, 0.25) is 0 Å². The van der Waals surface area contributed by atoms with Crippen molar-refractivity contribution in [2.45, 2.75) is 39.2 Å². The molecule has 0 aliphatic rings. The van der Waals surface area contributed by atoms with Gasteiger partial charge in [-0.15, -0.1) is 0 Å². The van der Waals surface area contributed by atoms with E-state index in [-0.39, 0.29) is 6.10 Å². The van der Waals surface area contributed by atoms with Crippen LogP contribution in [0.3, 0.4) is 0 Å². The van der Waals surface area contributed by atoms with E-state index < -0.39 is 0 Å². The summed E-state index contributed by atoms with van der Waals surface area (Å²) in [5.74, 6) is 0.650. The summed E-state index contributed by atoms with van der Waals surface area (Å²) >= 11 is 3.34. The summed E-state index contributed by atoms with van der Waals surface area (Å²) in [5, 5.41) is 9.77. The van der Waals surface area contributed by atoms with Crippen molar-refractivity contribution in [3.05, 3.63) is 28.5 Å². The Kier molecular flexibility index (Phi) is 5.26. The minimum atomic E-state index is -0.263. The molecule has 0 saturated carbocycles. The summed E-state index contributed by atoms with van der Waals surface area (Å²) in [6.07, 6.45) is 4.08. The van der Waals surface area contributed by atoms with Gasteiger partial charge in [-0.05, 0) is 46.8 Å². The average Bonchev–Trinajstić information content (AvgIpc) is 2.19. The van der Waals surface area contributed by atoms with Gasteiger partial charge in [0.2, 0.25) is 0 Å². The Morgan fingerprint density at radius 3 is 2.60 bits per heavy atom. The smallest absolute Gasteiger partial charge is 0.0595 e. The summed E-state index contributed by atoms with van der Waals surface area (Å²) in [6.45, 7) is 4.34. The Balaban J connectivity index is 2.37. The van der Waals surface area contributed by atoms with E-state index in [1.54, 1.807) is 6.20 Å². The highest BCUT2D eigenvalue weighted by molar-refractivity contribution is 9.10. The summed E-state index contributed by atoms with van der Waals surface area (Å²) in [4.78, 5) is 4.24. The Hall–Kier alpha value is -0.410. The second kappa shape index (κ2) is 6.23. The van der Waals surface area contributed by atoms with E-state index in [0.29, 0.717) is 12.3 Å². The molecule has 0 aliphatic carbocycles. The molecule has 0 bridgehead atoms. The number of rotatable bonds is 5. The van der Waals surface area contributed by atoms with Gasteiger partial charge in [0.1, 0.15) is 0 Å². The van der Waals surface area contributed by atoms with Gasteiger partial charge < -0.3 is 5.11 Å². The van der Waals surface area contributed by atoms with Crippen LogP contribution in [0.4, 0.5) is 0 Å². The number of hydrogen-bond donors (Lipinski definition) is 1. The van der Waals surface area contributed by atoms with E-state index >= 15 is 0 Å². The highest BCUT2D eigenvalue weighted by Crippen LogP contribution is 2.12. The van der Waals surface area contributed by atoms with E-state index in [1.807, 2.05) is 12.1 Å². The zero-order valence-corrected chi connectivity index (χ0v) is 10.9. The van der Waals surface area contributed by atoms with Crippen molar-refractivity contribution in [1.82, 2.24) is 4.98 Å². The molecule has 0 aromatic carbocycles. The maximum Gasteiger partial charge on any atom is 0.0595 e. The first-order chi connectivity index (χ1) is 7.08. The number of hydrogen-bond acceptors (Lipinski definition) is 2.